The molecule has 2 aromatic carbocycles. The van der Waals surface area contributed by atoms with E-state index < -0.39 is 0 Å². The van der Waals surface area contributed by atoms with Crippen LogP contribution in [0.2, 0.25) is 0 Å². The van der Waals surface area contributed by atoms with E-state index >= 15 is 0 Å². The SMILES string of the molecule is Cc1cc(C)nc(NN=Cc2ccccc2OCc2ccc(Br)cc2)n1. The van der Waals surface area contributed by atoms with Gasteiger partial charge in [0.25, 0.3) is 0 Å². The molecule has 0 aliphatic heterocycles. The largest absolute Gasteiger partial charge is 0.488 e. The Morgan fingerprint density at radius 3 is 2.46 bits per heavy atom. The van der Waals surface area contributed by atoms with Crippen LogP contribution < -0.4 is 10.2 Å². The van der Waals surface area contributed by atoms with Crippen LogP contribution in [0.4, 0.5) is 5.95 Å². The van der Waals surface area contributed by atoms with Gasteiger partial charge in [-0.15, -0.1) is 0 Å². The fourth-order valence-corrected chi connectivity index (χ4v) is 2.66. The predicted octanol–water partition coefficient (Wildman–Crippen LogP) is 4.88. The quantitative estimate of drug-likeness (QED) is 0.464. The van der Waals surface area contributed by atoms with Gasteiger partial charge in [-0.1, -0.05) is 40.2 Å². The van der Waals surface area contributed by atoms with Gasteiger partial charge in [0.15, 0.2) is 0 Å². The van der Waals surface area contributed by atoms with Crippen LogP contribution in [-0.4, -0.2) is 16.2 Å². The Morgan fingerprint density at radius 1 is 1.04 bits per heavy atom. The maximum absolute atomic E-state index is 5.94. The molecule has 0 amide bonds. The molecule has 132 valence electrons. The second-order valence-corrected chi connectivity index (χ2v) is 6.71. The summed E-state index contributed by atoms with van der Waals surface area (Å²) in [5, 5.41) is 4.24. The summed E-state index contributed by atoms with van der Waals surface area (Å²) in [6.07, 6.45) is 1.71. The zero-order valence-corrected chi connectivity index (χ0v) is 16.2. The van der Waals surface area contributed by atoms with E-state index in [2.05, 4.69) is 36.4 Å². The smallest absolute Gasteiger partial charge is 0.243 e. The normalized spacial score (nSPS) is 10.9. The summed E-state index contributed by atoms with van der Waals surface area (Å²) in [5.41, 5.74) is 6.64. The van der Waals surface area contributed by atoms with Gasteiger partial charge >= 0.3 is 0 Å². The molecule has 0 unspecified atom stereocenters. The molecule has 0 bridgehead atoms. The number of nitrogens with zero attached hydrogens (tertiary/aromatic N) is 3. The van der Waals surface area contributed by atoms with Crippen molar-refractivity contribution in [3.8, 4) is 5.75 Å². The molecule has 6 heteroatoms. The first-order valence-electron chi connectivity index (χ1n) is 8.18. The molecule has 1 aromatic heterocycles. The summed E-state index contributed by atoms with van der Waals surface area (Å²) in [5.74, 6) is 1.24. The Kier molecular flexibility index (Phi) is 5.96. The fourth-order valence-electron chi connectivity index (χ4n) is 2.40. The van der Waals surface area contributed by atoms with Crippen LogP contribution in [0.5, 0.6) is 5.75 Å². The molecular weight excluding hydrogens is 392 g/mol. The molecule has 3 aromatic rings. The van der Waals surface area contributed by atoms with Crippen molar-refractivity contribution in [1.29, 1.82) is 0 Å². The maximum Gasteiger partial charge on any atom is 0.243 e. The molecule has 0 aliphatic rings. The second-order valence-electron chi connectivity index (χ2n) is 5.80. The van der Waals surface area contributed by atoms with Crippen molar-refractivity contribution in [2.75, 3.05) is 5.43 Å². The highest BCUT2D eigenvalue weighted by molar-refractivity contribution is 9.10. The van der Waals surface area contributed by atoms with E-state index in [1.165, 1.54) is 0 Å². The van der Waals surface area contributed by atoms with Crippen molar-refractivity contribution in [1.82, 2.24) is 9.97 Å². The van der Waals surface area contributed by atoms with E-state index in [0.717, 1.165) is 32.7 Å². The van der Waals surface area contributed by atoms with Crippen molar-refractivity contribution >= 4 is 28.1 Å². The molecule has 5 nitrogen and oxygen atoms in total. The number of ether oxygens (including phenoxy) is 1. The third-order valence-corrected chi connectivity index (χ3v) is 4.11. The van der Waals surface area contributed by atoms with Gasteiger partial charge in [-0.2, -0.15) is 5.10 Å². The Balaban J connectivity index is 1.67. The van der Waals surface area contributed by atoms with Gasteiger partial charge in [0, 0.05) is 21.4 Å². The number of para-hydroxylation sites is 1. The Bertz CT molecular complexity index is 890. The van der Waals surface area contributed by atoms with Crippen molar-refractivity contribution in [2.45, 2.75) is 20.5 Å². The molecule has 1 heterocycles. The number of nitrogens with one attached hydrogen (secondary N) is 1. The van der Waals surface area contributed by atoms with E-state index in [4.69, 9.17) is 4.74 Å². The van der Waals surface area contributed by atoms with E-state index in [0.29, 0.717) is 12.6 Å². The standard InChI is InChI=1S/C20H19BrN4O/c1-14-11-15(2)24-20(23-14)25-22-12-17-5-3-4-6-19(17)26-13-16-7-9-18(21)10-8-16/h3-12H,13H2,1-2H3,(H,23,24,25). The van der Waals surface area contributed by atoms with Gasteiger partial charge in [-0.05, 0) is 49.7 Å². The molecule has 0 saturated carbocycles. The summed E-state index contributed by atoms with van der Waals surface area (Å²) in [6.45, 7) is 4.34. The average Bonchev–Trinajstić information content (AvgIpc) is 2.61. The van der Waals surface area contributed by atoms with Crippen molar-refractivity contribution < 1.29 is 4.74 Å². The lowest BCUT2D eigenvalue weighted by molar-refractivity contribution is 0.306. The Hall–Kier alpha value is -2.73. The molecule has 0 fully saturated rings. The summed E-state index contributed by atoms with van der Waals surface area (Å²) >= 11 is 3.43. The highest BCUT2D eigenvalue weighted by Gasteiger charge is 2.02. The number of hydrazone groups is 1. The second kappa shape index (κ2) is 8.58. The lowest BCUT2D eigenvalue weighted by Crippen LogP contribution is -2.01. The first-order valence-corrected chi connectivity index (χ1v) is 8.97. The van der Waals surface area contributed by atoms with Crippen molar-refractivity contribution in [3.05, 3.63) is 81.6 Å². The third-order valence-electron chi connectivity index (χ3n) is 3.58. The Labute approximate surface area is 161 Å². The van der Waals surface area contributed by atoms with Crippen LogP contribution in [-0.2, 0) is 6.61 Å². The van der Waals surface area contributed by atoms with Crippen LogP contribution in [0.15, 0.2) is 64.2 Å². The molecule has 0 atom stereocenters. The van der Waals surface area contributed by atoms with Crippen LogP contribution in [0.1, 0.15) is 22.5 Å². The summed E-state index contributed by atoms with van der Waals surface area (Å²) in [7, 11) is 0. The van der Waals surface area contributed by atoms with Crippen LogP contribution in [0, 0.1) is 13.8 Å². The lowest BCUT2D eigenvalue weighted by atomic mass is 10.2. The molecule has 26 heavy (non-hydrogen) atoms. The van der Waals surface area contributed by atoms with Crippen LogP contribution >= 0.6 is 15.9 Å². The number of anilines is 1. The summed E-state index contributed by atoms with van der Waals surface area (Å²) in [4.78, 5) is 8.60. The van der Waals surface area contributed by atoms with Crippen molar-refractivity contribution in [2.24, 2.45) is 5.10 Å². The first-order chi connectivity index (χ1) is 12.6. The number of rotatable bonds is 6. The summed E-state index contributed by atoms with van der Waals surface area (Å²) < 4.78 is 6.99. The summed E-state index contributed by atoms with van der Waals surface area (Å²) in [6, 6.07) is 17.7. The molecule has 0 saturated heterocycles. The number of aromatic nitrogens is 2. The van der Waals surface area contributed by atoms with Crippen LogP contribution in [0.3, 0.4) is 0 Å². The highest BCUT2D eigenvalue weighted by atomic mass is 79.9. The number of hydrogen-bond acceptors (Lipinski definition) is 5. The fraction of sp³-hybridized carbons (Fsp3) is 0.150. The third kappa shape index (κ3) is 5.13. The number of benzene rings is 2. The zero-order chi connectivity index (χ0) is 18.4. The average molecular weight is 411 g/mol. The minimum atomic E-state index is 0.479. The van der Waals surface area contributed by atoms with E-state index in [1.54, 1.807) is 6.21 Å². The molecular formula is C20H19BrN4O. The predicted molar refractivity (Wildman–Crippen MR) is 108 cm³/mol. The van der Waals surface area contributed by atoms with E-state index in [9.17, 15) is 0 Å². The minimum absolute atomic E-state index is 0.479. The van der Waals surface area contributed by atoms with Gasteiger partial charge in [-0.25, -0.2) is 15.4 Å². The molecule has 1 N–H and O–H groups in total. The number of hydrogen-bond donors (Lipinski definition) is 1. The van der Waals surface area contributed by atoms with Gasteiger partial charge in [-0.3, -0.25) is 0 Å². The van der Waals surface area contributed by atoms with Gasteiger partial charge in [0.1, 0.15) is 12.4 Å². The minimum Gasteiger partial charge on any atom is -0.488 e. The molecule has 0 spiro atoms. The number of aryl methyl sites for hydroxylation is 2. The topological polar surface area (TPSA) is 59.4 Å². The molecule has 0 radical (unpaired) electrons. The lowest BCUT2D eigenvalue weighted by Gasteiger charge is -2.09. The van der Waals surface area contributed by atoms with Gasteiger partial charge in [0.05, 0.1) is 6.21 Å². The van der Waals surface area contributed by atoms with Gasteiger partial charge in [0.2, 0.25) is 5.95 Å². The molecule has 0 aliphatic carbocycles. The van der Waals surface area contributed by atoms with Gasteiger partial charge < -0.3 is 4.74 Å². The first kappa shape index (κ1) is 18.1. The maximum atomic E-state index is 5.94. The molecule has 3 rings (SSSR count). The zero-order valence-electron chi connectivity index (χ0n) is 14.6. The highest BCUT2D eigenvalue weighted by Crippen LogP contribution is 2.18. The van der Waals surface area contributed by atoms with Crippen LogP contribution in [0.25, 0.3) is 0 Å². The van der Waals surface area contributed by atoms with E-state index in [-0.39, 0.29) is 0 Å². The Morgan fingerprint density at radius 2 is 1.73 bits per heavy atom. The van der Waals surface area contributed by atoms with E-state index in [1.807, 2.05) is 68.4 Å². The van der Waals surface area contributed by atoms with Crippen molar-refractivity contribution in [3.63, 3.8) is 0 Å². The number of halogens is 1. The monoisotopic (exact) mass is 410 g/mol.